The fraction of sp³-hybridized carbons (Fsp3) is 0.750. The third kappa shape index (κ3) is 3.12. The predicted octanol–water partition coefficient (Wildman–Crippen LogP) is 2.49. The van der Waals surface area contributed by atoms with Crippen molar-refractivity contribution in [2.75, 3.05) is 7.05 Å². The van der Waals surface area contributed by atoms with Gasteiger partial charge in [-0.3, -0.25) is 5.10 Å². The van der Waals surface area contributed by atoms with Crippen molar-refractivity contribution in [2.24, 2.45) is 0 Å². The highest BCUT2D eigenvalue weighted by Crippen LogP contribution is 2.26. The van der Waals surface area contributed by atoms with E-state index in [2.05, 4.69) is 10.2 Å². The Labute approximate surface area is 119 Å². The van der Waals surface area contributed by atoms with E-state index < -0.39 is 10.0 Å². The fourth-order valence-corrected chi connectivity index (χ4v) is 4.38. The highest BCUT2D eigenvalue weighted by molar-refractivity contribution is 7.89. The van der Waals surface area contributed by atoms with E-state index >= 15 is 0 Å². The maximum atomic E-state index is 12.6. The number of sulfonamides is 1. The minimum Gasteiger partial charge on any atom is -0.266 e. The Kier molecular flexibility index (Phi) is 4.86. The monoisotopic (exact) mass is 305 g/mol. The second kappa shape index (κ2) is 6.24. The third-order valence-corrected chi connectivity index (χ3v) is 6.01. The molecule has 0 aliphatic heterocycles. The molecule has 0 bridgehead atoms. The molecule has 1 fully saturated rings. The quantitative estimate of drug-likeness (QED) is 0.686. The number of nitrogens with one attached hydrogen (secondary N) is 1. The topological polar surface area (TPSA) is 66.1 Å². The van der Waals surface area contributed by atoms with Crippen LogP contribution in [0.5, 0.6) is 0 Å². The van der Waals surface area contributed by atoms with Gasteiger partial charge >= 0.3 is 0 Å². The number of aromatic amines is 1. The van der Waals surface area contributed by atoms with Crippen molar-refractivity contribution in [2.45, 2.75) is 55.5 Å². The van der Waals surface area contributed by atoms with Crippen LogP contribution in [0, 0.1) is 0 Å². The van der Waals surface area contributed by atoms with Crippen LogP contribution in [0.15, 0.2) is 11.2 Å². The van der Waals surface area contributed by atoms with Crippen LogP contribution in [-0.4, -0.2) is 36.0 Å². The van der Waals surface area contributed by atoms with E-state index in [1.54, 1.807) is 7.05 Å². The summed E-state index contributed by atoms with van der Waals surface area (Å²) in [6.45, 7) is 0. The van der Waals surface area contributed by atoms with Gasteiger partial charge in [-0.25, -0.2) is 8.42 Å². The number of hydrogen-bond donors (Lipinski definition) is 1. The lowest BCUT2D eigenvalue weighted by molar-refractivity contribution is 0.334. The lowest BCUT2D eigenvalue weighted by Gasteiger charge is -2.26. The van der Waals surface area contributed by atoms with Crippen LogP contribution >= 0.6 is 11.6 Å². The van der Waals surface area contributed by atoms with E-state index in [1.807, 2.05) is 0 Å². The van der Waals surface area contributed by atoms with Gasteiger partial charge < -0.3 is 0 Å². The first-order chi connectivity index (χ1) is 9.07. The van der Waals surface area contributed by atoms with Crippen LogP contribution in [0.3, 0.4) is 0 Å². The van der Waals surface area contributed by atoms with Crippen molar-refractivity contribution in [1.29, 1.82) is 0 Å². The Morgan fingerprint density at radius 1 is 1.37 bits per heavy atom. The number of nitrogens with zero attached hydrogens (tertiary/aromatic N) is 2. The van der Waals surface area contributed by atoms with E-state index in [4.69, 9.17) is 11.6 Å². The average molecular weight is 306 g/mol. The molecule has 0 aromatic carbocycles. The van der Waals surface area contributed by atoms with Crippen LogP contribution in [0.4, 0.5) is 0 Å². The summed E-state index contributed by atoms with van der Waals surface area (Å²) in [4.78, 5) is 0. The van der Waals surface area contributed by atoms with Crippen molar-refractivity contribution in [3.63, 3.8) is 0 Å². The molecular weight excluding hydrogens is 286 g/mol. The maximum absolute atomic E-state index is 12.6. The Balaban J connectivity index is 2.23. The number of halogens is 1. The molecule has 0 radical (unpaired) electrons. The standard InChI is InChI=1S/C12H20ClN3O2S/c1-16(11-6-4-2-3-5-7-11)19(17,18)12-10(8-13)9-14-15-12/h9,11H,2-8H2,1H3,(H,14,15). The first kappa shape index (κ1) is 14.8. The molecule has 2 rings (SSSR count). The van der Waals surface area contributed by atoms with Gasteiger partial charge in [0.1, 0.15) is 0 Å². The summed E-state index contributed by atoms with van der Waals surface area (Å²) in [5.74, 6) is 0.142. The SMILES string of the molecule is CN(C1CCCCCC1)S(=O)(=O)c1[nH]ncc1CCl. The molecule has 108 valence electrons. The summed E-state index contributed by atoms with van der Waals surface area (Å²) in [6.07, 6.45) is 7.91. The van der Waals surface area contributed by atoms with Crippen molar-refractivity contribution < 1.29 is 8.42 Å². The van der Waals surface area contributed by atoms with Crippen LogP contribution < -0.4 is 0 Å². The van der Waals surface area contributed by atoms with Gasteiger partial charge in [-0.2, -0.15) is 9.40 Å². The van der Waals surface area contributed by atoms with Gasteiger partial charge in [0.05, 0.1) is 12.1 Å². The normalized spacial score (nSPS) is 18.7. The number of alkyl halides is 1. The predicted molar refractivity (Wildman–Crippen MR) is 74.6 cm³/mol. The Morgan fingerprint density at radius 3 is 2.58 bits per heavy atom. The molecule has 1 aliphatic carbocycles. The lowest BCUT2D eigenvalue weighted by Crippen LogP contribution is -2.37. The zero-order valence-electron chi connectivity index (χ0n) is 11.1. The molecule has 1 aliphatic rings. The van der Waals surface area contributed by atoms with Crippen LogP contribution in [0.1, 0.15) is 44.1 Å². The second-order valence-corrected chi connectivity index (χ2v) is 7.23. The molecule has 1 aromatic heterocycles. The summed E-state index contributed by atoms with van der Waals surface area (Å²) >= 11 is 5.75. The lowest BCUT2D eigenvalue weighted by atomic mass is 10.1. The number of H-pyrrole nitrogens is 1. The molecule has 0 spiro atoms. The highest BCUT2D eigenvalue weighted by Gasteiger charge is 2.31. The molecule has 0 unspecified atom stereocenters. The highest BCUT2D eigenvalue weighted by atomic mass is 35.5. The third-order valence-electron chi connectivity index (χ3n) is 3.80. The minimum atomic E-state index is -3.52. The van der Waals surface area contributed by atoms with Gasteiger partial charge in [-0.05, 0) is 12.8 Å². The Bertz CT molecular complexity index is 507. The molecule has 1 N–H and O–H groups in total. The van der Waals surface area contributed by atoms with Gasteiger partial charge in [0.15, 0.2) is 5.03 Å². The smallest absolute Gasteiger partial charge is 0.260 e. The minimum absolute atomic E-state index is 0.0824. The first-order valence-electron chi connectivity index (χ1n) is 6.63. The van der Waals surface area contributed by atoms with Gasteiger partial charge in [-0.15, -0.1) is 11.6 Å². The van der Waals surface area contributed by atoms with Crippen molar-refractivity contribution in [1.82, 2.24) is 14.5 Å². The first-order valence-corrected chi connectivity index (χ1v) is 8.61. The molecule has 0 atom stereocenters. The molecular formula is C12H20ClN3O2S. The molecule has 1 aromatic rings. The number of rotatable bonds is 4. The van der Waals surface area contributed by atoms with E-state index in [-0.39, 0.29) is 16.9 Å². The van der Waals surface area contributed by atoms with E-state index in [0.717, 1.165) is 25.7 Å². The molecule has 5 nitrogen and oxygen atoms in total. The second-order valence-electron chi connectivity index (χ2n) is 5.02. The van der Waals surface area contributed by atoms with Gasteiger partial charge in [0.25, 0.3) is 10.0 Å². The van der Waals surface area contributed by atoms with Crippen LogP contribution in [0.2, 0.25) is 0 Å². The largest absolute Gasteiger partial charge is 0.266 e. The molecule has 1 saturated carbocycles. The molecule has 0 amide bonds. The number of hydrogen-bond acceptors (Lipinski definition) is 3. The Morgan fingerprint density at radius 2 is 2.00 bits per heavy atom. The summed E-state index contributed by atoms with van der Waals surface area (Å²) < 4.78 is 26.6. The van der Waals surface area contributed by atoms with Crippen LogP contribution in [0.25, 0.3) is 0 Å². The summed E-state index contributed by atoms with van der Waals surface area (Å²) in [7, 11) is -1.87. The van der Waals surface area contributed by atoms with Crippen molar-refractivity contribution in [3.8, 4) is 0 Å². The zero-order valence-corrected chi connectivity index (χ0v) is 12.7. The molecule has 1 heterocycles. The number of aromatic nitrogens is 2. The van der Waals surface area contributed by atoms with E-state index in [0.29, 0.717) is 5.56 Å². The van der Waals surface area contributed by atoms with Crippen molar-refractivity contribution >= 4 is 21.6 Å². The average Bonchev–Trinajstić information content (AvgIpc) is 2.73. The molecule has 7 heteroatoms. The fourth-order valence-electron chi connectivity index (χ4n) is 2.58. The molecule has 19 heavy (non-hydrogen) atoms. The van der Waals surface area contributed by atoms with Gasteiger partial charge in [0, 0.05) is 18.7 Å². The Hall–Kier alpha value is -0.590. The molecule has 0 saturated heterocycles. The van der Waals surface area contributed by atoms with Gasteiger partial charge in [0.2, 0.25) is 0 Å². The maximum Gasteiger partial charge on any atom is 0.260 e. The van der Waals surface area contributed by atoms with Gasteiger partial charge in [-0.1, -0.05) is 25.7 Å². The van der Waals surface area contributed by atoms with E-state index in [9.17, 15) is 8.42 Å². The van der Waals surface area contributed by atoms with E-state index in [1.165, 1.54) is 23.3 Å². The summed E-state index contributed by atoms with van der Waals surface area (Å²) in [6, 6.07) is 0.0824. The van der Waals surface area contributed by atoms with Crippen molar-refractivity contribution in [3.05, 3.63) is 11.8 Å². The summed E-state index contributed by atoms with van der Waals surface area (Å²) in [5, 5.41) is 6.49. The van der Waals surface area contributed by atoms with Crippen LogP contribution in [-0.2, 0) is 15.9 Å². The summed E-state index contributed by atoms with van der Waals surface area (Å²) in [5.41, 5.74) is 0.530. The zero-order chi connectivity index (χ0) is 13.9.